The number of nitrogens with one attached hydrogen (secondary N) is 1. The Morgan fingerprint density at radius 3 is 2.71 bits per heavy atom. The highest BCUT2D eigenvalue weighted by Gasteiger charge is 2.35. The van der Waals surface area contributed by atoms with Crippen molar-refractivity contribution in [1.29, 1.82) is 0 Å². The maximum atomic E-state index is 12.7. The molecule has 1 N–H and O–H groups in total. The number of piperazine rings is 1. The molecule has 1 aromatic carbocycles. The van der Waals surface area contributed by atoms with E-state index in [0.29, 0.717) is 30.3 Å². The van der Waals surface area contributed by atoms with Crippen molar-refractivity contribution in [2.24, 2.45) is 0 Å². The van der Waals surface area contributed by atoms with Gasteiger partial charge in [-0.2, -0.15) is 0 Å². The van der Waals surface area contributed by atoms with Crippen LogP contribution in [-0.2, 0) is 14.3 Å². The minimum Gasteiger partial charge on any atom is -0.466 e. The number of benzene rings is 1. The van der Waals surface area contributed by atoms with E-state index in [2.05, 4.69) is 5.32 Å². The molecular weight excluding hydrogens is 332 g/mol. The molecule has 1 aliphatic rings. The summed E-state index contributed by atoms with van der Waals surface area (Å²) in [6.45, 7) is 3.03. The van der Waals surface area contributed by atoms with E-state index in [4.69, 9.17) is 16.3 Å². The van der Waals surface area contributed by atoms with Gasteiger partial charge in [-0.25, -0.2) is 0 Å². The third kappa shape index (κ3) is 4.71. The summed E-state index contributed by atoms with van der Waals surface area (Å²) in [4.78, 5) is 38.1. The van der Waals surface area contributed by atoms with Crippen LogP contribution in [0.2, 0.25) is 5.02 Å². The minimum atomic E-state index is -0.851. The molecule has 0 saturated carbocycles. The number of carbonyl (C=O) groups is 3. The second kappa shape index (κ2) is 8.68. The third-order valence-corrected chi connectivity index (χ3v) is 4.06. The van der Waals surface area contributed by atoms with E-state index in [1.807, 2.05) is 6.92 Å². The molecule has 0 unspecified atom stereocenters. The van der Waals surface area contributed by atoms with Crippen LogP contribution in [0.1, 0.15) is 36.5 Å². The molecule has 1 aliphatic heterocycles. The number of esters is 1. The summed E-state index contributed by atoms with van der Waals surface area (Å²) >= 11 is 5.83. The lowest BCUT2D eigenvalue weighted by Gasteiger charge is -2.34. The molecule has 0 bridgehead atoms. The molecule has 0 aromatic heterocycles. The van der Waals surface area contributed by atoms with Gasteiger partial charge in [0.25, 0.3) is 5.91 Å². The van der Waals surface area contributed by atoms with E-state index in [1.54, 1.807) is 24.3 Å². The number of hydrogen-bond acceptors (Lipinski definition) is 4. The number of hydrogen-bond donors (Lipinski definition) is 1. The molecule has 0 aliphatic carbocycles. The molecule has 0 radical (unpaired) electrons. The molecule has 1 fully saturated rings. The Morgan fingerprint density at radius 2 is 2.04 bits per heavy atom. The fourth-order valence-electron chi connectivity index (χ4n) is 2.47. The van der Waals surface area contributed by atoms with Gasteiger partial charge >= 0.3 is 5.97 Å². The van der Waals surface area contributed by atoms with Gasteiger partial charge in [0.15, 0.2) is 0 Å². The topological polar surface area (TPSA) is 75.7 Å². The molecule has 2 amide bonds. The minimum absolute atomic E-state index is 0.144. The number of unbranched alkanes of at least 4 members (excludes halogenated alkanes) is 1. The van der Waals surface area contributed by atoms with Crippen LogP contribution < -0.4 is 5.32 Å². The van der Waals surface area contributed by atoms with Gasteiger partial charge in [-0.05, 0) is 30.7 Å². The third-order valence-electron chi connectivity index (χ3n) is 3.80. The molecule has 1 atom stereocenters. The van der Waals surface area contributed by atoms with Crippen LogP contribution in [0.3, 0.4) is 0 Å². The zero-order chi connectivity index (χ0) is 17.5. The molecule has 0 spiro atoms. The van der Waals surface area contributed by atoms with E-state index in [0.717, 1.165) is 12.8 Å². The lowest BCUT2D eigenvalue weighted by molar-refractivity contribution is -0.147. The van der Waals surface area contributed by atoms with Gasteiger partial charge in [0, 0.05) is 23.7 Å². The second-order valence-corrected chi connectivity index (χ2v) is 6.03. The van der Waals surface area contributed by atoms with Gasteiger partial charge in [-0.3, -0.25) is 14.4 Å². The van der Waals surface area contributed by atoms with Gasteiger partial charge in [0.2, 0.25) is 5.91 Å². The van der Waals surface area contributed by atoms with Crippen molar-refractivity contribution in [3.05, 3.63) is 34.9 Å². The SMILES string of the molecule is CCCCOC(=O)C[C@@H]1C(=O)NCCN1C(=O)c1ccc(Cl)cc1. The first-order valence-corrected chi connectivity index (χ1v) is 8.40. The van der Waals surface area contributed by atoms with Gasteiger partial charge in [0.1, 0.15) is 6.04 Å². The summed E-state index contributed by atoms with van der Waals surface area (Å²) in [5.41, 5.74) is 0.429. The Morgan fingerprint density at radius 1 is 1.33 bits per heavy atom. The summed E-state index contributed by atoms with van der Waals surface area (Å²) in [6, 6.07) is 5.59. The zero-order valence-corrected chi connectivity index (χ0v) is 14.3. The van der Waals surface area contributed by atoms with Crippen molar-refractivity contribution < 1.29 is 19.1 Å². The molecule has 1 saturated heterocycles. The number of carbonyl (C=O) groups excluding carboxylic acids is 3. The molecule has 130 valence electrons. The molecule has 24 heavy (non-hydrogen) atoms. The van der Waals surface area contributed by atoms with E-state index in [-0.39, 0.29) is 18.2 Å². The predicted octanol–water partition coefficient (Wildman–Crippen LogP) is 2.01. The average molecular weight is 353 g/mol. The Kier molecular flexibility index (Phi) is 6.61. The van der Waals surface area contributed by atoms with E-state index < -0.39 is 12.0 Å². The van der Waals surface area contributed by atoms with E-state index in [9.17, 15) is 14.4 Å². The summed E-state index contributed by atoms with van der Waals surface area (Å²) in [7, 11) is 0. The van der Waals surface area contributed by atoms with Crippen LogP contribution in [0.25, 0.3) is 0 Å². The summed E-state index contributed by atoms with van der Waals surface area (Å²) in [5.74, 6) is -1.11. The first-order valence-electron chi connectivity index (χ1n) is 8.02. The lowest BCUT2D eigenvalue weighted by atomic mass is 10.1. The van der Waals surface area contributed by atoms with Gasteiger partial charge in [0.05, 0.1) is 13.0 Å². The summed E-state index contributed by atoms with van der Waals surface area (Å²) in [6.07, 6.45) is 1.54. The highest BCUT2D eigenvalue weighted by atomic mass is 35.5. The molecular formula is C17H21ClN2O4. The van der Waals surface area contributed by atoms with Crippen LogP contribution in [0.15, 0.2) is 24.3 Å². The number of rotatable bonds is 6. The van der Waals surface area contributed by atoms with Crippen LogP contribution in [0, 0.1) is 0 Å². The lowest BCUT2D eigenvalue weighted by Crippen LogP contribution is -2.57. The quantitative estimate of drug-likeness (QED) is 0.627. The van der Waals surface area contributed by atoms with Crippen molar-refractivity contribution in [3.8, 4) is 0 Å². The van der Waals surface area contributed by atoms with E-state index >= 15 is 0 Å². The fraction of sp³-hybridized carbons (Fsp3) is 0.471. The monoisotopic (exact) mass is 352 g/mol. The van der Waals surface area contributed by atoms with Crippen molar-refractivity contribution in [2.75, 3.05) is 19.7 Å². The smallest absolute Gasteiger partial charge is 0.308 e. The van der Waals surface area contributed by atoms with Gasteiger partial charge in [-0.1, -0.05) is 24.9 Å². The molecule has 1 aromatic rings. The maximum absolute atomic E-state index is 12.7. The van der Waals surface area contributed by atoms with Crippen molar-refractivity contribution >= 4 is 29.4 Å². The summed E-state index contributed by atoms with van der Waals surface area (Å²) in [5, 5.41) is 3.22. The van der Waals surface area contributed by atoms with Crippen molar-refractivity contribution in [3.63, 3.8) is 0 Å². The second-order valence-electron chi connectivity index (χ2n) is 5.59. The molecule has 1 heterocycles. The van der Waals surface area contributed by atoms with Gasteiger partial charge in [-0.15, -0.1) is 0 Å². The fourth-order valence-corrected chi connectivity index (χ4v) is 2.59. The van der Waals surface area contributed by atoms with Crippen LogP contribution >= 0.6 is 11.6 Å². The molecule has 2 rings (SSSR count). The normalized spacial score (nSPS) is 17.3. The van der Waals surface area contributed by atoms with Crippen molar-refractivity contribution in [1.82, 2.24) is 10.2 Å². The number of amides is 2. The standard InChI is InChI=1S/C17H21ClN2O4/c1-2-3-10-24-15(21)11-14-16(22)19-8-9-20(14)17(23)12-4-6-13(18)7-5-12/h4-7,14H,2-3,8-11H2,1H3,(H,19,22)/t14-/m1/s1. The van der Waals surface area contributed by atoms with Crippen LogP contribution in [0.4, 0.5) is 0 Å². The Hall–Kier alpha value is -2.08. The van der Waals surface area contributed by atoms with Crippen LogP contribution in [-0.4, -0.2) is 48.4 Å². The van der Waals surface area contributed by atoms with Crippen molar-refractivity contribution in [2.45, 2.75) is 32.2 Å². The van der Waals surface area contributed by atoms with Gasteiger partial charge < -0.3 is 15.0 Å². The highest BCUT2D eigenvalue weighted by molar-refractivity contribution is 6.30. The number of nitrogens with zero attached hydrogens (tertiary/aromatic N) is 1. The summed E-state index contributed by atoms with van der Waals surface area (Å²) < 4.78 is 5.11. The maximum Gasteiger partial charge on any atom is 0.308 e. The highest BCUT2D eigenvalue weighted by Crippen LogP contribution is 2.16. The Bertz CT molecular complexity index is 603. The Labute approximate surface area is 146 Å². The zero-order valence-electron chi connectivity index (χ0n) is 13.6. The average Bonchev–Trinajstić information content (AvgIpc) is 2.57. The molecule has 7 heteroatoms. The first-order chi connectivity index (χ1) is 11.5. The van der Waals surface area contributed by atoms with E-state index in [1.165, 1.54) is 4.90 Å². The Balaban J connectivity index is 2.07. The van der Waals surface area contributed by atoms with Crippen LogP contribution in [0.5, 0.6) is 0 Å². The number of ether oxygens (including phenoxy) is 1. The largest absolute Gasteiger partial charge is 0.466 e. The molecule has 6 nitrogen and oxygen atoms in total. The number of halogens is 1. The first kappa shape index (κ1) is 18.3. The predicted molar refractivity (Wildman–Crippen MR) is 89.8 cm³/mol.